The fourth-order valence-corrected chi connectivity index (χ4v) is 9.46. The van der Waals surface area contributed by atoms with Gasteiger partial charge in [0.15, 0.2) is 5.65 Å². The van der Waals surface area contributed by atoms with Crippen LogP contribution in [0.5, 0.6) is 0 Å². The molecule has 0 aliphatic carbocycles. The fourth-order valence-electron chi connectivity index (χ4n) is 9.46. The third kappa shape index (κ3) is 5.85. The third-order valence-electron chi connectivity index (χ3n) is 12.1. The molecular weight excluding hydrogens is 759 g/mol. The number of amidine groups is 1. The van der Waals surface area contributed by atoms with Gasteiger partial charge in [0.2, 0.25) is 0 Å². The highest BCUT2D eigenvalue weighted by Crippen LogP contribution is 2.44. The first-order chi connectivity index (χ1) is 30.7. The van der Waals surface area contributed by atoms with E-state index in [9.17, 15) is 0 Å². The van der Waals surface area contributed by atoms with Gasteiger partial charge in [-0.3, -0.25) is 14.5 Å². The van der Waals surface area contributed by atoms with E-state index < -0.39 is 0 Å². The van der Waals surface area contributed by atoms with E-state index in [0.717, 1.165) is 89.6 Å². The van der Waals surface area contributed by atoms with Crippen molar-refractivity contribution in [1.82, 2.24) is 29.3 Å². The molecule has 0 spiro atoms. The summed E-state index contributed by atoms with van der Waals surface area (Å²) in [6.07, 6.45) is -0.429. The standard InChI is InChI=1S/C55H41N7/c1-36-33-40(53-57-51(37-19-7-2-8-20-37)56-52(58-53)38-21-9-3-10-22-38)35-43(34-36)60-46-30-18-17-29-44(46)48-47(60)32-31-45-49(48)61(41-25-13-5-14-26-41)55-50(45)62(42-27-15-6-16-28-42)54(59-55)39-23-11-4-12-24-39/h2-35,51,53,57H,1H3,(H,56,58). The average Bonchev–Trinajstić information content (AvgIpc) is 4.00. The maximum absolute atomic E-state index is 5.55. The number of aliphatic imine (C=N–C) groups is 1. The van der Waals surface area contributed by atoms with Crippen molar-refractivity contribution in [2.75, 3.05) is 0 Å². The molecule has 2 N–H and O–H groups in total. The van der Waals surface area contributed by atoms with Gasteiger partial charge in [-0.15, -0.1) is 0 Å². The van der Waals surface area contributed by atoms with Crippen molar-refractivity contribution in [3.05, 3.63) is 229 Å². The molecule has 11 aromatic rings. The number of fused-ring (bicyclic) bond motifs is 7. The first-order valence-corrected chi connectivity index (χ1v) is 21.2. The minimum Gasteiger partial charge on any atom is -0.350 e. The van der Waals surface area contributed by atoms with Crippen molar-refractivity contribution in [2.45, 2.75) is 19.3 Å². The van der Waals surface area contributed by atoms with E-state index in [1.54, 1.807) is 0 Å². The second-order valence-electron chi connectivity index (χ2n) is 16.0. The molecule has 0 amide bonds. The van der Waals surface area contributed by atoms with Crippen molar-refractivity contribution in [3.63, 3.8) is 0 Å². The van der Waals surface area contributed by atoms with Crippen molar-refractivity contribution in [1.29, 1.82) is 0 Å². The first-order valence-electron chi connectivity index (χ1n) is 21.2. The zero-order valence-corrected chi connectivity index (χ0v) is 34.0. The molecule has 1 aliphatic heterocycles. The van der Waals surface area contributed by atoms with Crippen LogP contribution in [0.3, 0.4) is 0 Å². The summed E-state index contributed by atoms with van der Waals surface area (Å²) in [6, 6.07) is 73.0. The summed E-state index contributed by atoms with van der Waals surface area (Å²) in [5.74, 6) is 1.77. The molecule has 2 atom stereocenters. The van der Waals surface area contributed by atoms with E-state index in [2.05, 4.69) is 231 Å². The third-order valence-corrected chi connectivity index (χ3v) is 12.1. The maximum atomic E-state index is 5.55. The highest BCUT2D eigenvalue weighted by atomic mass is 15.3. The van der Waals surface area contributed by atoms with Gasteiger partial charge < -0.3 is 9.88 Å². The molecule has 2 unspecified atom stereocenters. The highest BCUT2D eigenvalue weighted by molar-refractivity contribution is 6.25. The van der Waals surface area contributed by atoms with Crippen LogP contribution in [0.15, 0.2) is 211 Å². The Morgan fingerprint density at radius 1 is 0.468 bits per heavy atom. The number of benzene rings is 8. The van der Waals surface area contributed by atoms with Crippen LogP contribution in [0.25, 0.3) is 72.3 Å². The minimum absolute atomic E-state index is 0.132. The molecule has 3 aromatic heterocycles. The number of nitrogens with one attached hydrogen (secondary N) is 2. The second-order valence-corrected chi connectivity index (χ2v) is 16.0. The molecule has 62 heavy (non-hydrogen) atoms. The van der Waals surface area contributed by atoms with Crippen LogP contribution in [0.2, 0.25) is 0 Å². The Hall–Kier alpha value is -8.00. The van der Waals surface area contributed by atoms with Gasteiger partial charge in [-0.2, -0.15) is 0 Å². The number of imidazole rings is 1. The van der Waals surface area contributed by atoms with Crippen molar-refractivity contribution < 1.29 is 0 Å². The Morgan fingerprint density at radius 3 is 1.79 bits per heavy atom. The van der Waals surface area contributed by atoms with Crippen LogP contribution in [-0.2, 0) is 0 Å². The van der Waals surface area contributed by atoms with Crippen LogP contribution in [0.1, 0.15) is 34.6 Å². The van der Waals surface area contributed by atoms with E-state index in [1.165, 1.54) is 10.8 Å². The molecule has 0 fully saturated rings. The molecule has 1 aliphatic rings. The Bertz CT molecular complexity index is 3460. The normalized spacial score (nSPS) is 15.3. The van der Waals surface area contributed by atoms with Crippen LogP contribution >= 0.6 is 0 Å². The monoisotopic (exact) mass is 799 g/mol. The van der Waals surface area contributed by atoms with E-state index in [1.807, 2.05) is 6.07 Å². The molecule has 7 heteroatoms. The van der Waals surface area contributed by atoms with Crippen LogP contribution in [0.4, 0.5) is 0 Å². The summed E-state index contributed by atoms with van der Waals surface area (Å²) in [7, 11) is 0. The first kappa shape index (κ1) is 35.9. The summed E-state index contributed by atoms with van der Waals surface area (Å²) in [4.78, 5) is 10.9. The average molecular weight is 800 g/mol. The molecule has 8 aromatic carbocycles. The second kappa shape index (κ2) is 14.6. The van der Waals surface area contributed by atoms with E-state index in [-0.39, 0.29) is 12.3 Å². The maximum Gasteiger partial charge on any atom is 0.165 e. The van der Waals surface area contributed by atoms with E-state index in [4.69, 9.17) is 9.98 Å². The van der Waals surface area contributed by atoms with Gasteiger partial charge in [-0.1, -0.05) is 152 Å². The number of rotatable bonds is 7. The largest absolute Gasteiger partial charge is 0.350 e. The highest BCUT2D eigenvalue weighted by Gasteiger charge is 2.29. The molecule has 12 rings (SSSR count). The zero-order chi connectivity index (χ0) is 41.1. The van der Waals surface area contributed by atoms with Crippen molar-refractivity contribution in [2.24, 2.45) is 4.99 Å². The van der Waals surface area contributed by atoms with E-state index >= 15 is 0 Å². The number of nitrogens with zero attached hydrogens (tertiary/aromatic N) is 5. The van der Waals surface area contributed by atoms with Crippen LogP contribution < -0.4 is 10.6 Å². The molecule has 7 nitrogen and oxygen atoms in total. The summed E-state index contributed by atoms with van der Waals surface area (Å²) in [5, 5.41) is 11.0. The topological polar surface area (TPSA) is 64.1 Å². The predicted molar refractivity (Wildman–Crippen MR) is 254 cm³/mol. The molecular formula is C55H41N7. The van der Waals surface area contributed by atoms with Gasteiger partial charge in [0, 0.05) is 44.3 Å². The molecule has 0 radical (unpaired) electrons. The molecule has 4 heterocycles. The van der Waals surface area contributed by atoms with Crippen molar-refractivity contribution >= 4 is 49.7 Å². The smallest absolute Gasteiger partial charge is 0.165 e. The van der Waals surface area contributed by atoms with Gasteiger partial charge in [-0.25, -0.2) is 9.98 Å². The van der Waals surface area contributed by atoms with Crippen LogP contribution in [-0.4, -0.2) is 24.5 Å². The lowest BCUT2D eigenvalue weighted by Gasteiger charge is -2.32. The number of hydrogen-bond donors (Lipinski definition) is 2. The summed E-state index contributed by atoms with van der Waals surface area (Å²) in [5.41, 5.74) is 14.1. The molecule has 296 valence electrons. The number of aryl methyl sites for hydroxylation is 1. The predicted octanol–water partition coefficient (Wildman–Crippen LogP) is 12.4. The minimum atomic E-state index is -0.297. The number of para-hydroxylation sites is 3. The SMILES string of the molecule is Cc1cc(C2N=C(c3ccccc3)NC(c3ccccc3)N2)cc(-n2c3ccccc3c3c2ccc2c4c(nc(-c5ccccc5)n4-c4ccccc4)n(-c4ccccc4)c23)c1. The molecule has 0 saturated carbocycles. The molecule has 0 saturated heterocycles. The van der Waals surface area contributed by atoms with Gasteiger partial charge in [0.25, 0.3) is 0 Å². The Morgan fingerprint density at radius 2 is 1.08 bits per heavy atom. The quantitative estimate of drug-likeness (QED) is 0.169. The molecule has 0 bridgehead atoms. The lowest BCUT2D eigenvalue weighted by Crippen LogP contribution is -2.45. The van der Waals surface area contributed by atoms with Crippen LogP contribution in [0, 0.1) is 6.92 Å². The summed E-state index contributed by atoms with van der Waals surface area (Å²) < 4.78 is 7.14. The zero-order valence-electron chi connectivity index (χ0n) is 34.0. The van der Waals surface area contributed by atoms with E-state index in [0.29, 0.717) is 0 Å². The Kier molecular flexibility index (Phi) is 8.47. The fraction of sp³-hybridized carbons (Fsp3) is 0.0545. The Labute approximate surface area is 358 Å². The van der Waals surface area contributed by atoms with Gasteiger partial charge in [-0.05, 0) is 78.2 Å². The van der Waals surface area contributed by atoms with Crippen molar-refractivity contribution in [3.8, 4) is 28.5 Å². The van der Waals surface area contributed by atoms with Gasteiger partial charge in [0.1, 0.15) is 29.5 Å². The van der Waals surface area contributed by atoms with Gasteiger partial charge >= 0.3 is 0 Å². The lowest BCUT2D eigenvalue weighted by molar-refractivity contribution is 0.409. The van der Waals surface area contributed by atoms with Gasteiger partial charge in [0.05, 0.1) is 16.6 Å². The lowest BCUT2D eigenvalue weighted by atomic mass is 10.0. The number of hydrogen-bond acceptors (Lipinski definition) is 4. The Balaban J connectivity index is 1.11. The summed E-state index contributed by atoms with van der Waals surface area (Å²) >= 11 is 0. The number of aromatic nitrogens is 4. The summed E-state index contributed by atoms with van der Waals surface area (Å²) in [6.45, 7) is 2.18.